The van der Waals surface area contributed by atoms with Crippen LogP contribution in [0.4, 0.5) is 0 Å². The molecular weight excluding hydrogens is 262 g/mol. The fraction of sp³-hybridized carbons (Fsp3) is 0.933. The van der Waals surface area contributed by atoms with Gasteiger partial charge in [-0.2, -0.15) is 0 Å². The van der Waals surface area contributed by atoms with Crippen molar-refractivity contribution in [3.8, 4) is 0 Å². The van der Waals surface area contributed by atoms with Gasteiger partial charge in [0.25, 0.3) is 0 Å². The standard InChI is InChI=1S/C15H32NO2.ClH/c1-6-7-8-9-10-11-12-13-15(17)18-14(2)16(3,4)5;/h14H,6-13H2,1-5H3;1H/q+1;/p-1. The van der Waals surface area contributed by atoms with Gasteiger partial charge < -0.3 is 17.1 Å². The largest absolute Gasteiger partial charge is 1.00 e. The highest BCUT2D eigenvalue weighted by Gasteiger charge is 2.21. The predicted octanol–water partition coefficient (Wildman–Crippen LogP) is 0.727. The van der Waals surface area contributed by atoms with Crippen LogP contribution in [0.25, 0.3) is 0 Å². The van der Waals surface area contributed by atoms with Crippen LogP contribution in [0.2, 0.25) is 0 Å². The van der Waals surface area contributed by atoms with Crippen LogP contribution in [0.5, 0.6) is 0 Å². The van der Waals surface area contributed by atoms with E-state index in [2.05, 4.69) is 6.92 Å². The van der Waals surface area contributed by atoms with Gasteiger partial charge in [0.05, 0.1) is 21.1 Å². The molecule has 0 aromatic rings. The third-order valence-corrected chi connectivity index (χ3v) is 3.38. The van der Waals surface area contributed by atoms with E-state index in [-0.39, 0.29) is 24.6 Å². The molecule has 0 aliphatic rings. The van der Waals surface area contributed by atoms with E-state index in [9.17, 15) is 4.79 Å². The number of ether oxygens (including phenoxy) is 1. The summed E-state index contributed by atoms with van der Waals surface area (Å²) in [6.45, 7) is 4.17. The van der Waals surface area contributed by atoms with Crippen LogP contribution in [-0.2, 0) is 9.53 Å². The summed E-state index contributed by atoms with van der Waals surface area (Å²) in [5, 5.41) is 0. The summed E-state index contributed by atoms with van der Waals surface area (Å²) in [7, 11) is 6.10. The Hall–Kier alpha value is -0.280. The Morgan fingerprint density at radius 2 is 1.47 bits per heavy atom. The number of quaternary nitrogens is 1. The van der Waals surface area contributed by atoms with Crippen molar-refractivity contribution in [3.05, 3.63) is 0 Å². The molecule has 1 unspecified atom stereocenters. The van der Waals surface area contributed by atoms with Crippen LogP contribution in [-0.4, -0.2) is 37.8 Å². The second-order valence-electron chi connectivity index (χ2n) is 6.08. The van der Waals surface area contributed by atoms with Gasteiger partial charge in [-0.1, -0.05) is 45.4 Å². The van der Waals surface area contributed by atoms with Crippen molar-refractivity contribution in [1.82, 2.24) is 0 Å². The third-order valence-electron chi connectivity index (χ3n) is 3.38. The highest BCUT2D eigenvalue weighted by atomic mass is 35.5. The molecule has 3 nitrogen and oxygen atoms in total. The van der Waals surface area contributed by atoms with Crippen molar-refractivity contribution in [3.63, 3.8) is 0 Å². The average molecular weight is 294 g/mol. The molecule has 0 fully saturated rings. The zero-order chi connectivity index (χ0) is 14.0. The zero-order valence-electron chi connectivity index (χ0n) is 13.4. The predicted molar refractivity (Wildman–Crippen MR) is 76.2 cm³/mol. The maximum atomic E-state index is 11.6. The monoisotopic (exact) mass is 293 g/mol. The minimum absolute atomic E-state index is 0. The van der Waals surface area contributed by atoms with Gasteiger partial charge in [0.2, 0.25) is 6.23 Å². The zero-order valence-corrected chi connectivity index (χ0v) is 14.1. The van der Waals surface area contributed by atoms with Gasteiger partial charge in [0, 0.05) is 13.3 Å². The normalized spacial score (nSPS) is 12.7. The average Bonchev–Trinajstić information content (AvgIpc) is 2.26. The second kappa shape index (κ2) is 11.5. The summed E-state index contributed by atoms with van der Waals surface area (Å²) < 4.78 is 6.05. The molecule has 0 bridgehead atoms. The highest BCUT2D eigenvalue weighted by molar-refractivity contribution is 5.69. The van der Waals surface area contributed by atoms with Gasteiger partial charge in [-0.3, -0.25) is 9.28 Å². The van der Waals surface area contributed by atoms with Crippen molar-refractivity contribution >= 4 is 5.97 Å². The number of unbranched alkanes of at least 4 members (excludes halogenated alkanes) is 6. The molecule has 0 aromatic carbocycles. The van der Waals surface area contributed by atoms with Crippen molar-refractivity contribution in [2.24, 2.45) is 0 Å². The Balaban J connectivity index is 0. The van der Waals surface area contributed by atoms with Gasteiger partial charge in [-0.25, -0.2) is 0 Å². The highest BCUT2D eigenvalue weighted by Crippen LogP contribution is 2.10. The number of nitrogens with zero attached hydrogens (tertiary/aromatic N) is 1. The molecule has 0 radical (unpaired) electrons. The smallest absolute Gasteiger partial charge is 0.310 e. The number of halogens is 1. The number of hydrogen-bond donors (Lipinski definition) is 0. The first-order chi connectivity index (χ1) is 8.38. The van der Waals surface area contributed by atoms with E-state index in [4.69, 9.17) is 4.74 Å². The summed E-state index contributed by atoms with van der Waals surface area (Å²) in [5.41, 5.74) is 0. The Morgan fingerprint density at radius 1 is 1.00 bits per heavy atom. The van der Waals surface area contributed by atoms with Crippen LogP contribution in [0.3, 0.4) is 0 Å². The molecule has 0 aliphatic heterocycles. The molecule has 0 aromatic heterocycles. The quantitative estimate of drug-likeness (QED) is 0.257. The molecule has 1 atom stereocenters. The number of esters is 1. The van der Waals surface area contributed by atoms with Crippen LogP contribution >= 0.6 is 0 Å². The first-order valence-corrected chi connectivity index (χ1v) is 7.38. The Labute approximate surface area is 125 Å². The third kappa shape index (κ3) is 12.5. The van der Waals surface area contributed by atoms with Crippen molar-refractivity contribution in [2.75, 3.05) is 21.1 Å². The van der Waals surface area contributed by atoms with Crippen molar-refractivity contribution < 1.29 is 26.4 Å². The first-order valence-electron chi connectivity index (χ1n) is 7.38. The van der Waals surface area contributed by atoms with E-state index in [1.54, 1.807) is 0 Å². The van der Waals surface area contributed by atoms with Gasteiger partial charge in [-0.05, 0) is 6.42 Å². The van der Waals surface area contributed by atoms with E-state index in [0.717, 1.165) is 12.8 Å². The maximum Gasteiger partial charge on any atom is 0.310 e. The topological polar surface area (TPSA) is 26.3 Å². The number of carbonyl (C=O) groups excluding carboxylic acids is 1. The van der Waals surface area contributed by atoms with E-state index < -0.39 is 0 Å². The number of rotatable bonds is 10. The lowest BCUT2D eigenvalue weighted by Crippen LogP contribution is -3.00. The molecule has 0 saturated carbocycles. The molecule has 0 heterocycles. The van der Waals surface area contributed by atoms with Crippen molar-refractivity contribution in [2.45, 2.75) is 71.4 Å². The molecule has 0 spiro atoms. The summed E-state index contributed by atoms with van der Waals surface area (Å²) in [5.74, 6) is -0.0518. The van der Waals surface area contributed by atoms with E-state index >= 15 is 0 Å². The van der Waals surface area contributed by atoms with Gasteiger partial charge in [0.15, 0.2) is 0 Å². The van der Waals surface area contributed by atoms with Crippen molar-refractivity contribution in [1.29, 1.82) is 0 Å². The fourth-order valence-corrected chi connectivity index (χ4v) is 1.63. The summed E-state index contributed by atoms with van der Waals surface area (Å²) >= 11 is 0. The minimum Gasteiger partial charge on any atom is -1.00 e. The number of hydrogen-bond acceptors (Lipinski definition) is 2. The molecular formula is C15H32ClNO2. The minimum atomic E-state index is -0.0675. The van der Waals surface area contributed by atoms with Crippen LogP contribution in [0, 0.1) is 0 Å². The molecule has 0 amide bonds. The molecule has 0 saturated heterocycles. The summed E-state index contributed by atoms with van der Waals surface area (Å²) in [4.78, 5) is 11.6. The lowest BCUT2D eigenvalue weighted by atomic mass is 10.1. The Bertz CT molecular complexity index is 227. The lowest BCUT2D eigenvalue weighted by Gasteiger charge is -2.30. The van der Waals surface area contributed by atoms with Gasteiger partial charge in [-0.15, -0.1) is 0 Å². The number of carbonyl (C=O) groups is 1. The van der Waals surface area contributed by atoms with E-state index in [1.165, 1.54) is 32.1 Å². The lowest BCUT2D eigenvalue weighted by molar-refractivity contribution is -0.914. The molecule has 0 rings (SSSR count). The first kappa shape index (κ1) is 21.0. The molecule has 4 heteroatoms. The maximum absolute atomic E-state index is 11.6. The SMILES string of the molecule is CCCCCCCCCC(=O)OC(C)[N+](C)(C)C.[Cl-]. The van der Waals surface area contributed by atoms with Crippen LogP contribution < -0.4 is 12.4 Å². The molecule has 0 aliphatic carbocycles. The van der Waals surface area contributed by atoms with E-state index in [1.807, 2.05) is 28.1 Å². The summed E-state index contributed by atoms with van der Waals surface area (Å²) in [6.07, 6.45) is 9.13. The fourth-order valence-electron chi connectivity index (χ4n) is 1.63. The summed E-state index contributed by atoms with van der Waals surface area (Å²) in [6, 6.07) is 0. The molecule has 116 valence electrons. The van der Waals surface area contributed by atoms with Crippen LogP contribution in [0.1, 0.15) is 65.2 Å². The molecule has 19 heavy (non-hydrogen) atoms. The van der Waals surface area contributed by atoms with Gasteiger partial charge in [0.1, 0.15) is 0 Å². The second-order valence-corrected chi connectivity index (χ2v) is 6.08. The van der Waals surface area contributed by atoms with Gasteiger partial charge >= 0.3 is 5.97 Å². The molecule has 0 N–H and O–H groups in total. The van der Waals surface area contributed by atoms with E-state index in [0.29, 0.717) is 10.9 Å². The Kier molecular flexibility index (Phi) is 12.8. The van der Waals surface area contributed by atoms with Crippen LogP contribution in [0.15, 0.2) is 0 Å². The Morgan fingerprint density at radius 3 is 1.95 bits per heavy atom.